The van der Waals surface area contributed by atoms with Crippen LogP contribution in [-0.2, 0) is 9.53 Å². The van der Waals surface area contributed by atoms with Crippen molar-refractivity contribution in [2.45, 2.75) is 31.7 Å². The number of likely N-dealkylation sites (tertiary alicyclic amines) is 1. The normalized spacial score (nSPS) is 24.6. The van der Waals surface area contributed by atoms with Crippen molar-refractivity contribution < 1.29 is 18.3 Å². The van der Waals surface area contributed by atoms with Gasteiger partial charge in [0.15, 0.2) is 5.82 Å². The molecule has 3 atom stereocenters. The number of anilines is 1. The van der Waals surface area contributed by atoms with Crippen LogP contribution in [0.1, 0.15) is 25.7 Å². The van der Waals surface area contributed by atoms with Crippen LogP contribution in [0.2, 0.25) is 0 Å². The van der Waals surface area contributed by atoms with E-state index in [0.29, 0.717) is 42.5 Å². The van der Waals surface area contributed by atoms with Crippen molar-refractivity contribution in [1.29, 1.82) is 0 Å². The van der Waals surface area contributed by atoms with Gasteiger partial charge in [0.1, 0.15) is 17.3 Å². The third-order valence-electron chi connectivity index (χ3n) is 7.84. The zero-order valence-corrected chi connectivity index (χ0v) is 19.4. The topological polar surface area (TPSA) is 67.3 Å². The van der Waals surface area contributed by atoms with Crippen LogP contribution in [0.4, 0.5) is 14.6 Å². The number of fused-ring (bicyclic) bond motifs is 2. The van der Waals surface area contributed by atoms with Crippen LogP contribution in [0.3, 0.4) is 0 Å². The van der Waals surface area contributed by atoms with Gasteiger partial charge in [0.25, 0.3) is 0 Å². The second-order valence-corrected chi connectivity index (χ2v) is 10.0. The maximum Gasteiger partial charge on any atom is 0.225 e. The summed E-state index contributed by atoms with van der Waals surface area (Å²) in [6, 6.07) is 11.2. The first kappa shape index (κ1) is 22.3. The lowest BCUT2D eigenvalue weighted by atomic mass is 9.98. The number of carbonyl (C=O) groups is 1. The largest absolute Gasteiger partial charge is 0.381 e. The summed E-state index contributed by atoms with van der Waals surface area (Å²) in [5, 5.41) is 13.8. The number of nitrogens with one attached hydrogen (secondary N) is 1. The number of amides is 1. The van der Waals surface area contributed by atoms with Crippen molar-refractivity contribution in [3.05, 3.63) is 54.1 Å². The smallest absolute Gasteiger partial charge is 0.225 e. The Morgan fingerprint density at radius 3 is 2.43 bits per heavy atom. The molecule has 3 fully saturated rings. The van der Waals surface area contributed by atoms with E-state index in [2.05, 4.69) is 20.4 Å². The van der Waals surface area contributed by atoms with Gasteiger partial charge < -0.3 is 15.0 Å². The van der Waals surface area contributed by atoms with Crippen molar-refractivity contribution in [3.8, 4) is 11.3 Å². The molecule has 0 bridgehead atoms. The molecule has 1 N–H and O–H groups in total. The van der Waals surface area contributed by atoms with Crippen LogP contribution in [0.5, 0.6) is 0 Å². The summed E-state index contributed by atoms with van der Waals surface area (Å²) >= 11 is 0. The minimum Gasteiger partial charge on any atom is -0.381 e. The molecule has 1 aliphatic carbocycles. The van der Waals surface area contributed by atoms with Gasteiger partial charge >= 0.3 is 0 Å². The Hall–Kier alpha value is -3.13. The zero-order chi connectivity index (χ0) is 23.9. The third-order valence-corrected chi connectivity index (χ3v) is 7.84. The first-order valence-electron chi connectivity index (χ1n) is 12.4. The highest BCUT2D eigenvalue weighted by Crippen LogP contribution is 2.41. The van der Waals surface area contributed by atoms with Crippen molar-refractivity contribution >= 4 is 22.5 Å². The fraction of sp³-hybridized carbons (Fsp3) is 0.444. The van der Waals surface area contributed by atoms with Gasteiger partial charge in [0, 0.05) is 54.6 Å². The number of aromatic nitrogens is 2. The first-order valence-corrected chi connectivity index (χ1v) is 12.4. The lowest BCUT2D eigenvalue weighted by molar-refractivity contribution is -0.137. The van der Waals surface area contributed by atoms with Gasteiger partial charge in [-0.25, -0.2) is 8.78 Å². The number of hydrogen-bond acceptors (Lipinski definition) is 5. The van der Waals surface area contributed by atoms with Crippen LogP contribution in [0, 0.1) is 29.4 Å². The van der Waals surface area contributed by atoms with Crippen LogP contribution in [0.25, 0.3) is 22.0 Å². The summed E-state index contributed by atoms with van der Waals surface area (Å²) in [6.07, 6.45) is 3.60. The fourth-order valence-corrected chi connectivity index (χ4v) is 6.08. The summed E-state index contributed by atoms with van der Waals surface area (Å²) in [6.45, 7) is 3.01. The van der Waals surface area contributed by atoms with E-state index >= 15 is 0 Å². The average molecular weight is 479 g/mol. The van der Waals surface area contributed by atoms with Crippen molar-refractivity contribution in [1.82, 2.24) is 15.1 Å². The Balaban J connectivity index is 1.18. The van der Waals surface area contributed by atoms with Gasteiger partial charge in [-0.3, -0.25) is 4.79 Å². The molecule has 1 saturated carbocycles. The lowest BCUT2D eigenvalue weighted by Crippen LogP contribution is -2.38. The van der Waals surface area contributed by atoms with Gasteiger partial charge in [0.05, 0.1) is 0 Å². The molecule has 2 aliphatic heterocycles. The Bertz CT molecular complexity index is 1250. The monoisotopic (exact) mass is 478 g/mol. The molecular weight excluding hydrogens is 450 g/mol. The summed E-state index contributed by atoms with van der Waals surface area (Å²) in [7, 11) is 0. The molecule has 0 spiro atoms. The highest BCUT2D eigenvalue weighted by molar-refractivity contribution is 6.00. The second kappa shape index (κ2) is 9.15. The van der Waals surface area contributed by atoms with E-state index in [1.807, 2.05) is 24.3 Å². The maximum atomic E-state index is 14.5. The molecule has 6 rings (SSSR count). The van der Waals surface area contributed by atoms with Gasteiger partial charge in [-0.1, -0.05) is 24.3 Å². The molecule has 6 nitrogen and oxygen atoms in total. The fourth-order valence-electron chi connectivity index (χ4n) is 6.08. The molecule has 3 heterocycles. The molecule has 2 aromatic carbocycles. The summed E-state index contributed by atoms with van der Waals surface area (Å²) < 4.78 is 33.7. The Morgan fingerprint density at radius 1 is 0.971 bits per heavy atom. The number of benzene rings is 2. The highest BCUT2D eigenvalue weighted by atomic mass is 19.1. The quantitative estimate of drug-likeness (QED) is 0.591. The van der Waals surface area contributed by atoms with E-state index in [1.54, 1.807) is 0 Å². The first-order chi connectivity index (χ1) is 17.1. The van der Waals surface area contributed by atoms with Crippen molar-refractivity contribution in [2.75, 3.05) is 31.6 Å². The molecule has 3 aliphatic rings. The van der Waals surface area contributed by atoms with Crippen LogP contribution in [-0.4, -0.2) is 53.3 Å². The molecule has 3 aromatic rings. The second-order valence-electron chi connectivity index (χ2n) is 10.0. The van der Waals surface area contributed by atoms with Crippen molar-refractivity contribution in [2.24, 2.45) is 17.8 Å². The summed E-state index contributed by atoms with van der Waals surface area (Å²) in [5.41, 5.74) is 0.429. The van der Waals surface area contributed by atoms with E-state index in [9.17, 15) is 13.6 Å². The highest BCUT2D eigenvalue weighted by Gasteiger charge is 2.43. The van der Waals surface area contributed by atoms with E-state index in [0.717, 1.165) is 67.7 Å². The third kappa shape index (κ3) is 4.24. The minimum atomic E-state index is -0.532. The molecule has 1 aromatic heterocycles. The molecule has 35 heavy (non-hydrogen) atoms. The van der Waals surface area contributed by atoms with Crippen LogP contribution < -0.4 is 5.32 Å². The average Bonchev–Trinajstić information content (AvgIpc) is 3.45. The number of halogens is 2. The summed E-state index contributed by atoms with van der Waals surface area (Å²) in [4.78, 5) is 15.0. The Morgan fingerprint density at radius 2 is 1.69 bits per heavy atom. The van der Waals surface area contributed by atoms with Gasteiger partial charge in [-0.2, -0.15) is 0 Å². The summed E-state index contributed by atoms with van der Waals surface area (Å²) in [5.74, 6) is 0.976. The van der Waals surface area contributed by atoms with E-state index < -0.39 is 11.6 Å². The number of hydrogen-bond donors (Lipinski definition) is 1. The van der Waals surface area contributed by atoms with Gasteiger partial charge in [-0.15, -0.1) is 10.2 Å². The number of nitrogens with zero attached hydrogens (tertiary/aromatic N) is 3. The Kier molecular flexibility index (Phi) is 5.84. The zero-order valence-electron chi connectivity index (χ0n) is 19.4. The Labute approximate surface area is 202 Å². The van der Waals surface area contributed by atoms with Gasteiger partial charge in [0.2, 0.25) is 5.91 Å². The predicted molar refractivity (Wildman–Crippen MR) is 129 cm³/mol. The molecule has 8 heteroatoms. The molecule has 1 unspecified atom stereocenters. The maximum absolute atomic E-state index is 14.5. The van der Waals surface area contributed by atoms with E-state index in [-0.39, 0.29) is 17.5 Å². The standard InChI is InChI=1S/C27H28F2N4O2/c28-19-5-6-24(29)23(13-19)25-21-3-1-2-4-22(21)26(32-31-25)30-20-11-17-14-33(15-18(17)12-20)27(34)16-7-9-35-10-8-16/h1-6,13,16-18,20H,7-12,14-15H2,(H,30,32)/t17-,18+,20?. The molecule has 1 amide bonds. The molecule has 182 valence electrons. The van der Waals surface area contributed by atoms with Gasteiger partial charge in [-0.05, 0) is 55.7 Å². The van der Waals surface area contributed by atoms with Crippen molar-refractivity contribution in [3.63, 3.8) is 0 Å². The number of ether oxygens (including phenoxy) is 1. The van der Waals surface area contributed by atoms with Crippen LogP contribution in [0.15, 0.2) is 42.5 Å². The van der Waals surface area contributed by atoms with E-state index in [1.165, 1.54) is 0 Å². The number of rotatable bonds is 4. The predicted octanol–water partition coefficient (Wildman–Crippen LogP) is 4.65. The SMILES string of the molecule is O=C(C1CCOCC1)N1C[C@H]2CC(Nc3nnc(-c4cc(F)ccc4F)c4ccccc34)C[C@H]2C1. The van der Waals surface area contributed by atoms with E-state index in [4.69, 9.17) is 4.74 Å². The lowest BCUT2D eigenvalue weighted by Gasteiger charge is -2.27. The van der Waals surface area contributed by atoms with Crippen LogP contribution >= 0.6 is 0 Å². The molecular formula is C27H28F2N4O2. The number of carbonyl (C=O) groups excluding carboxylic acids is 1. The molecule has 2 saturated heterocycles. The molecule has 0 radical (unpaired) electrons. The minimum absolute atomic E-state index is 0.102.